The number of fused-ring (bicyclic) bond motifs is 1. The fourth-order valence-electron chi connectivity index (χ4n) is 4.66. The van der Waals surface area contributed by atoms with Crippen LogP contribution in [-0.4, -0.2) is 37.9 Å². The lowest BCUT2D eigenvalue weighted by Gasteiger charge is -2.22. The van der Waals surface area contributed by atoms with Crippen molar-refractivity contribution in [2.24, 2.45) is 5.41 Å². The van der Waals surface area contributed by atoms with Gasteiger partial charge in [0.25, 0.3) is 6.43 Å². The molecule has 1 aliphatic rings. The molecule has 0 saturated heterocycles. The molecule has 0 aliphatic heterocycles. The van der Waals surface area contributed by atoms with Crippen LogP contribution in [0, 0.1) is 41.9 Å². The first kappa shape index (κ1) is 27.0. The molecular formula is C28H29F2N9O. The van der Waals surface area contributed by atoms with E-state index in [9.17, 15) is 19.3 Å². The minimum atomic E-state index is -2.57. The number of nitrogens with one attached hydrogen (secondary N) is 2. The van der Waals surface area contributed by atoms with Gasteiger partial charge in [0, 0.05) is 30.7 Å². The molecule has 0 bridgehead atoms. The van der Waals surface area contributed by atoms with Crippen molar-refractivity contribution < 1.29 is 13.2 Å². The number of rotatable bonds is 8. The predicted molar refractivity (Wildman–Crippen MR) is 144 cm³/mol. The fraction of sp³-hybridized carbons (Fsp3) is 0.429. The Hall–Kier alpha value is -4.58. The number of hydrogen-bond donors (Lipinski definition) is 2. The van der Waals surface area contributed by atoms with Gasteiger partial charge in [-0.05, 0) is 37.3 Å². The van der Waals surface area contributed by atoms with Crippen LogP contribution in [0.5, 0.6) is 0 Å². The van der Waals surface area contributed by atoms with Crippen molar-refractivity contribution in [1.82, 2.24) is 25.0 Å². The van der Waals surface area contributed by atoms with Gasteiger partial charge in [-0.1, -0.05) is 26.0 Å². The van der Waals surface area contributed by atoms with Crippen molar-refractivity contribution in [3.05, 3.63) is 58.7 Å². The highest BCUT2D eigenvalue weighted by Crippen LogP contribution is 2.48. The van der Waals surface area contributed by atoms with Crippen LogP contribution in [0.25, 0.3) is 10.9 Å². The summed E-state index contributed by atoms with van der Waals surface area (Å²) in [7, 11) is 0. The third-order valence-corrected chi connectivity index (χ3v) is 6.96. The third-order valence-electron chi connectivity index (χ3n) is 6.96. The van der Waals surface area contributed by atoms with E-state index in [0.717, 1.165) is 0 Å². The molecule has 0 unspecified atom stereocenters. The van der Waals surface area contributed by atoms with E-state index in [4.69, 9.17) is 4.42 Å². The van der Waals surface area contributed by atoms with Crippen LogP contribution in [0.3, 0.4) is 0 Å². The zero-order valence-electron chi connectivity index (χ0n) is 22.9. The minimum absolute atomic E-state index is 0.0767. The Morgan fingerprint density at radius 1 is 1.15 bits per heavy atom. The molecule has 1 fully saturated rings. The summed E-state index contributed by atoms with van der Waals surface area (Å²) in [5.41, 5.74) is 1.67. The zero-order chi connectivity index (χ0) is 28.8. The number of hydrogen-bond acceptors (Lipinski definition) is 9. The maximum absolute atomic E-state index is 13.8. The predicted octanol–water partition coefficient (Wildman–Crippen LogP) is 5.59. The number of anilines is 2. The Kier molecular flexibility index (Phi) is 6.66. The molecule has 12 heteroatoms. The lowest BCUT2D eigenvalue weighted by molar-refractivity contribution is 0.0593. The number of alkyl halides is 2. The molecule has 1 aromatic carbocycles. The first-order chi connectivity index (χ1) is 19.0. The number of pyridine rings is 1. The van der Waals surface area contributed by atoms with Gasteiger partial charge in [0.2, 0.25) is 0 Å². The van der Waals surface area contributed by atoms with Crippen LogP contribution in [0.15, 0.2) is 28.9 Å². The number of oxazole rings is 1. The molecule has 206 valence electrons. The van der Waals surface area contributed by atoms with Crippen LogP contribution in [0.2, 0.25) is 0 Å². The average molecular weight is 546 g/mol. The monoisotopic (exact) mass is 545 g/mol. The number of nitriles is 2. The Bertz CT molecular complexity index is 1670. The summed E-state index contributed by atoms with van der Waals surface area (Å²) in [6.45, 7) is 10.3. The number of aryl methyl sites for hydroxylation is 2. The normalized spacial score (nSPS) is 15.1. The van der Waals surface area contributed by atoms with E-state index >= 15 is 0 Å². The highest BCUT2D eigenvalue weighted by molar-refractivity contribution is 5.99. The van der Waals surface area contributed by atoms with Gasteiger partial charge in [-0.25, -0.2) is 18.4 Å². The second-order valence-corrected chi connectivity index (χ2v) is 11.3. The van der Waals surface area contributed by atoms with Crippen molar-refractivity contribution >= 4 is 22.3 Å². The molecule has 4 aromatic rings. The molecule has 0 amide bonds. The van der Waals surface area contributed by atoms with Crippen LogP contribution in [-0.2, 0) is 5.54 Å². The van der Waals surface area contributed by atoms with Gasteiger partial charge in [0.1, 0.15) is 40.9 Å². The molecule has 10 nitrogen and oxygen atoms in total. The van der Waals surface area contributed by atoms with E-state index in [1.807, 2.05) is 0 Å². The second-order valence-electron chi connectivity index (χ2n) is 11.3. The van der Waals surface area contributed by atoms with Gasteiger partial charge in [0.05, 0.1) is 28.5 Å². The maximum atomic E-state index is 13.8. The van der Waals surface area contributed by atoms with E-state index in [1.165, 1.54) is 17.1 Å². The summed E-state index contributed by atoms with van der Waals surface area (Å²) in [6.07, 6.45) is 1.05. The van der Waals surface area contributed by atoms with Gasteiger partial charge >= 0.3 is 0 Å². The van der Waals surface area contributed by atoms with Gasteiger partial charge < -0.3 is 15.1 Å². The van der Waals surface area contributed by atoms with Crippen molar-refractivity contribution in [2.75, 3.05) is 17.2 Å². The summed E-state index contributed by atoms with van der Waals surface area (Å²) < 4.78 is 34.5. The summed E-state index contributed by atoms with van der Waals surface area (Å²) in [4.78, 5) is 8.92. The first-order valence-corrected chi connectivity index (χ1v) is 12.9. The molecule has 1 aliphatic carbocycles. The Morgan fingerprint density at radius 2 is 1.88 bits per heavy atom. The highest BCUT2D eigenvalue weighted by Gasteiger charge is 2.54. The van der Waals surface area contributed by atoms with E-state index in [0.29, 0.717) is 75.8 Å². The SMILES string of the molecule is Cc1nc([C@H](Nc2cc(C#N)c3ncc(C#N)c(NCC(C)(C)C)c3c2)c2cn(C3(C(F)F)CC3)nn2)c(C)o1. The van der Waals surface area contributed by atoms with E-state index in [2.05, 4.69) is 63.8 Å². The van der Waals surface area contributed by atoms with Crippen molar-refractivity contribution in [3.63, 3.8) is 0 Å². The van der Waals surface area contributed by atoms with Gasteiger partial charge in [-0.15, -0.1) is 5.10 Å². The van der Waals surface area contributed by atoms with Crippen LogP contribution < -0.4 is 10.6 Å². The number of benzene rings is 1. The fourth-order valence-corrected chi connectivity index (χ4v) is 4.66. The largest absolute Gasteiger partial charge is 0.446 e. The van der Waals surface area contributed by atoms with Crippen LogP contribution in [0.1, 0.15) is 73.8 Å². The second kappa shape index (κ2) is 9.87. The van der Waals surface area contributed by atoms with Crippen molar-refractivity contribution in [1.29, 1.82) is 10.5 Å². The Labute approximate surface area is 230 Å². The van der Waals surface area contributed by atoms with E-state index < -0.39 is 18.0 Å². The molecule has 1 atom stereocenters. The quantitative estimate of drug-likeness (QED) is 0.290. The maximum Gasteiger partial charge on any atom is 0.263 e. The molecule has 0 spiro atoms. The van der Waals surface area contributed by atoms with E-state index in [1.54, 1.807) is 26.0 Å². The average Bonchev–Trinajstić information content (AvgIpc) is 3.45. The zero-order valence-corrected chi connectivity index (χ0v) is 22.9. The first-order valence-electron chi connectivity index (χ1n) is 12.9. The van der Waals surface area contributed by atoms with Gasteiger partial charge in [-0.2, -0.15) is 10.5 Å². The molecule has 40 heavy (non-hydrogen) atoms. The van der Waals surface area contributed by atoms with Gasteiger partial charge in [-0.3, -0.25) is 4.98 Å². The minimum Gasteiger partial charge on any atom is -0.446 e. The number of aromatic nitrogens is 5. The molecular weight excluding hydrogens is 516 g/mol. The van der Waals surface area contributed by atoms with Gasteiger partial charge in [0.15, 0.2) is 5.89 Å². The topological polar surface area (TPSA) is 141 Å². The lowest BCUT2D eigenvalue weighted by Crippen LogP contribution is -2.26. The summed E-state index contributed by atoms with van der Waals surface area (Å²) >= 11 is 0. The third kappa shape index (κ3) is 4.93. The van der Waals surface area contributed by atoms with Crippen LogP contribution in [0.4, 0.5) is 20.2 Å². The molecule has 2 N–H and O–H groups in total. The standard InChI is InChI=1S/C28H29F2N9O/c1-15-22(35-16(2)40-15)25(21-13-39(38-37-21)28(6-7-28)26(29)30)36-19-8-17(10-31)23-20(9-19)24(18(11-32)12-33-23)34-14-27(3,4)5/h8-9,12-13,25-26,36H,6-7,14H2,1-5H3,(H,33,34)/t25-/m1/s1. The summed E-state index contributed by atoms with van der Waals surface area (Å²) in [5, 5.41) is 35.4. The molecule has 1 saturated carbocycles. The Balaban J connectivity index is 1.62. The molecule has 3 aromatic heterocycles. The number of halogens is 2. The smallest absolute Gasteiger partial charge is 0.263 e. The van der Waals surface area contributed by atoms with Crippen LogP contribution >= 0.6 is 0 Å². The summed E-state index contributed by atoms with van der Waals surface area (Å²) in [6, 6.07) is 7.11. The lowest BCUT2D eigenvalue weighted by atomic mass is 9.96. The van der Waals surface area contributed by atoms with E-state index in [-0.39, 0.29) is 5.41 Å². The Morgan fingerprint density at radius 3 is 2.45 bits per heavy atom. The summed E-state index contributed by atoms with van der Waals surface area (Å²) in [5.74, 6) is 0.965. The van der Waals surface area contributed by atoms with Crippen molar-refractivity contribution in [2.45, 2.75) is 65.5 Å². The molecule has 0 radical (unpaired) electrons. The molecule has 3 heterocycles. The van der Waals surface area contributed by atoms with Crippen molar-refractivity contribution in [3.8, 4) is 12.1 Å². The molecule has 5 rings (SSSR count). The highest BCUT2D eigenvalue weighted by atomic mass is 19.3. The number of nitrogens with zero attached hydrogens (tertiary/aromatic N) is 7.